The van der Waals surface area contributed by atoms with Gasteiger partial charge in [0, 0.05) is 28.2 Å². The van der Waals surface area contributed by atoms with Crippen molar-refractivity contribution in [3.63, 3.8) is 0 Å². The number of amides is 2. The fourth-order valence-corrected chi connectivity index (χ4v) is 3.67. The lowest BCUT2D eigenvalue weighted by molar-refractivity contribution is -0.110. The summed E-state index contributed by atoms with van der Waals surface area (Å²) in [5, 5.41) is 5.74. The predicted molar refractivity (Wildman–Crippen MR) is 120 cm³/mol. The topological polar surface area (TPSA) is 100 Å². The minimum Gasteiger partial charge on any atom is -0.397 e. The number of carbonyl (C=O) groups is 2. The molecule has 3 aromatic rings. The van der Waals surface area contributed by atoms with Crippen molar-refractivity contribution < 1.29 is 14.0 Å². The Kier molecular flexibility index (Phi) is 5.10. The van der Waals surface area contributed by atoms with E-state index in [-0.39, 0.29) is 23.7 Å². The Bertz CT molecular complexity index is 1230. The minimum atomic E-state index is -0.327. The van der Waals surface area contributed by atoms with E-state index in [2.05, 4.69) is 15.6 Å². The van der Waals surface area contributed by atoms with Gasteiger partial charge in [0.1, 0.15) is 5.82 Å². The standard InChI is InChI=1S/C24H23FN4O2/c1-12-21(27-14(3)22(12)26)11-19-18-10-16(6-9-20(18)29-24(19)31)23(30)28-13(2)15-4-7-17(25)8-5-15/h4-11,13,27H,26H2,1-3H3,(H,28,30)(H,29,31). The van der Waals surface area contributed by atoms with Gasteiger partial charge < -0.3 is 21.4 Å². The fourth-order valence-electron chi connectivity index (χ4n) is 3.67. The van der Waals surface area contributed by atoms with Crippen molar-refractivity contribution in [2.75, 3.05) is 11.1 Å². The Morgan fingerprint density at radius 2 is 1.87 bits per heavy atom. The summed E-state index contributed by atoms with van der Waals surface area (Å²) in [6.07, 6.45) is 1.75. The molecular weight excluding hydrogens is 395 g/mol. The maximum atomic E-state index is 13.1. The van der Waals surface area contributed by atoms with Crippen molar-refractivity contribution >= 4 is 34.8 Å². The van der Waals surface area contributed by atoms with Crippen LogP contribution in [0.1, 0.15) is 51.4 Å². The van der Waals surface area contributed by atoms with Crippen LogP contribution in [0.4, 0.5) is 15.8 Å². The molecular formula is C24H23FN4O2. The van der Waals surface area contributed by atoms with E-state index in [1.807, 2.05) is 20.8 Å². The average molecular weight is 418 g/mol. The van der Waals surface area contributed by atoms with Crippen molar-refractivity contribution in [2.45, 2.75) is 26.8 Å². The number of halogens is 1. The molecule has 31 heavy (non-hydrogen) atoms. The van der Waals surface area contributed by atoms with Gasteiger partial charge in [0.2, 0.25) is 0 Å². The molecule has 2 amide bonds. The Labute approximate surface area is 179 Å². The molecule has 0 saturated heterocycles. The fraction of sp³-hybridized carbons (Fsp3) is 0.167. The van der Waals surface area contributed by atoms with Crippen molar-refractivity contribution in [3.05, 3.63) is 81.9 Å². The molecule has 158 valence electrons. The normalized spacial score (nSPS) is 15.0. The van der Waals surface area contributed by atoms with E-state index in [4.69, 9.17) is 5.73 Å². The largest absolute Gasteiger partial charge is 0.397 e. The zero-order valence-electron chi connectivity index (χ0n) is 17.5. The molecule has 0 aliphatic carbocycles. The second-order valence-corrected chi connectivity index (χ2v) is 7.72. The number of hydrogen-bond acceptors (Lipinski definition) is 3. The first-order chi connectivity index (χ1) is 14.7. The third kappa shape index (κ3) is 3.82. The summed E-state index contributed by atoms with van der Waals surface area (Å²) in [5.74, 6) is -0.849. The van der Waals surface area contributed by atoms with E-state index in [1.165, 1.54) is 12.1 Å². The zero-order valence-corrected chi connectivity index (χ0v) is 17.5. The van der Waals surface area contributed by atoms with Crippen LogP contribution in [0.2, 0.25) is 0 Å². The van der Waals surface area contributed by atoms with Crippen molar-refractivity contribution in [3.8, 4) is 0 Å². The molecule has 0 bridgehead atoms. The highest BCUT2D eigenvalue weighted by atomic mass is 19.1. The first-order valence-corrected chi connectivity index (χ1v) is 9.93. The van der Waals surface area contributed by atoms with Crippen LogP contribution >= 0.6 is 0 Å². The first kappa shape index (κ1) is 20.4. The highest BCUT2D eigenvalue weighted by Gasteiger charge is 2.26. The minimum absolute atomic E-state index is 0.238. The quantitative estimate of drug-likeness (QED) is 0.474. The maximum Gasteiger partial charge on any atom is 0.256 e. The molecule has 0 fully saturated rings. The van der Waals surface area contributed by atoms with Crippen LogP contribution in [0.15, 0.2) is 42.5 Å². The van der Waals surface area contributed by atoms with E-state index in [0.29, 0.717) is 28.1 Å². The van der Waals surface area contributed by atoms with Crippen LogP contribution in [0, 0.1) is 19.7 Å². The van der Waals surface area contributed by atoms with E-state index in [9.17, 15) is 14.0 Å². The van der Waals surface area contributed by atoms with Gasteiger partial charge in [0.25, 0.3) is 11.8 Å². The number of rotatable bonds is 4. The average Bonchev–Trinajstić information content (AvgIpc) is 3.18. The molecule has 1 unspecified atom stereocenters. The van der Waals surface area contributed by atoms with Crippen molar-refractivity contribution in [1.29, 1.82) is 0 Å². The van der Waals surface area contributed by atoms with Gasteiger partial charge in [-0.25, -0.2) is 4.39 Å². The number of anilines is 2. The van der Waals surface area contributed by atoms with Gasteiger partial charge in [0.05, 0.1) is 17.3 Å². The van der Waals surface area contributed by atoms with E-state index in [1.54, 1.807) is 36.4 Å². The lowest BCUT2D eigenvalue weighted by Gasteiger charge is -2.15. The van der Waals surface area contributed by atoms with Gasteiger partial charge in [-0.05, 0) is 68.3 Å². The molecule has 2 aromatic carbocycles. The van der Waals surface area contributed by atoms with Crippen molar-refractivity contribution in [2.24, 2.45) is 0 Å². The van der Waals surface area contributed by atoms with Crippen LogP contribution in [0.3, 0.4) is 0 Å². The van der Waals surface area contributed by atoms with Crippen LogP contribution in [-0.2, 0) is 4.79 Å². The molecule has 1 aliphatic rings. The van der Waals surface area contributed by atoms with Crippen LogP contribution in [-0.4, -0.2) is 16.8 Å². The van der Waals surface area contributed by atoms with E-state index in [0.717, 1.165) is 22.5 Å². The van der Waals surface area contributed by atoms with E-state index >= 15 is 0 Å². The summed E-state index contributed by atoms with van der Waals surface area (Å²) in [6.45, 7) is 5.59. The smallest absolute Gasteiger partial charge is 0.256 e. The lowest BCUT2D eigenvalue weighted by Crippen LogP contribution is -2.26. The second-order valence-electron chi connectivity index (χ2n) is 7.72. The summed E-state index contributed by atoms with van der Waals surface area (Å²) in [4.78, 5) is 28.6. The summed E-state index contributed by atoms with van der Waals surface area (Å²) in [7, 11) is 0. The molecule has 0 radical (unpaired) electrons. The van der Waals surface area contributed by atoms with Crippen LogP contribution < -0.4 is 16.4 Å². The Balaban J connectivity index is 1.62. The van der Waals surface area contributed by atoms with Gasteiger partial charge in [-0.15, -0.1) is 0 Å². The number of aryl methyl sites for hydroxylation is 1. The second kappa shape index (κ2) is 7.75. The van der Waals surface area contributed by atoms with Gasteiger partial charge in [-0.1, -0.05) is 12.1 Å². The monoisotopic (exact) mass is 418 g/mol. The summed E-state index contributed by atoms with van der Waals surface area (Å²) < 4.78 is 13.1. The highest BCUT2D eigenvalue weighted by molar-refractivity contribution is 6.35. The number of fused-ring (bicyclic) bond motifs is 1. The number of benzene rings is 2. The van der Waals surface area contributed by atoms with Crippen LogP contribution in [0.25, 0.3) is 11.6 Å². The van der Waals surface area contributed by atoms with Crippen molar-refractivity contribution in [1.82, 2.24) is 10.3 Å². The Hall–Kier alpha value is -3.87. The molecule has 6 nitrogen and oxygen atoms in total. The highest BCUT2D eigenvalue weighted by Crippen LogP contribution is 2.35. The number of carbonyl (C=O) groups excluding carboxylic acids is 2. The molecule has 4 rings (SSSR count). The van der Waals surface area contributed by atoms with Gasteiger partial charge in [0.15, 0.2) is 0 Å². The first-order valence-electron chi connectivity index (χ1n) is 9.93. The summed E-state index contributed by atoms with van der Waals surface area (Å²) in [6, 6.07) is 10.8. The van der Waals surface area contributed by atoms with E-state index < -0.39 is 0 Å². The predicted octanol–water partition coefficient (Wildman–Crippen LogP) is 4.34. The number of aromatic nitrogens is 1. The third-order valence-electron chi connectivity index (χ3n) is 5.61. The molecule has 1 aromatic heterocycles. The molecule has 0 spiro atoms. The number of H-pyrrole nitrogens is 1. The molecule has 2 heterocycles. The van der Waals surface area contributed by atoms with Gasteiger partial charge >= 0.3 is 0 Å². The number of nitrogen functional groups attached to an aromatic ring is 1. The maximum absolute atomic E-state index is 13.1. The molecule has 5 N–H and O–H groups in total. The van der Waals surface area contributed by atoms with Gasteiger partial charge in [-0.2, -0.15) is 0 Å². The number of hydrogen-bond donors (Lipinski definition) is 4. The lowest BCUT2D eigenvalue weighted by atomic mass is 10.0. The SMILES string of the molecule is Cc1[nH]c(C=C2C(=O)Nc3ccc(C(=O)NC(C)c4ccc(F)cc4)cc32)c(C)c1N. The number of nitrogens with two attached hydrogens (primary N) is 1. The number of aromatic amines is 1. The van der Waals surface area contributed by atoms with Gasteiger partial charge in [-0.3, -0.25) is 9.59 Å². The number of nitrogens with one attached hydrogen (secondary N) is 3. The molecule has 1 aliphatic heterocycles. The molecule has 7 heteroatoms. The summed E-state index contributed by atoms with van der Waals surface area (Å²) >= 11 is 0. The van der Waals surface area contributed by atoms with Crippen LogP contribution in [0.5, 0.6) is 0 Å². The third-order valence-corrected chi connectivity index (χ3v) is 5.61. The zero-order chi connectivity index (χ0) is 22.3. The molecule has 1 atom stereocenters. The Morgan fingerprint density at radius 3 is 2.52 bits per heavy atom. The Morgan fingerprint density at radius 1 is 1.16 bits per heavy atom. The molecule has 0 saturated carbocycles. The summed E-state index contributed by atoms with van der Waals surface area (Å²) in [5.41, 5.74) is 12.1.